The normalized spacial score (nSPS) is 10.2. The first kappa shape index (κ1) is 15.1. The lowest BCUT2D eigenvalue weighted by Crippen LogP contribution is -2.15. The zero-order valence-corrected chi connectivity index (χ0v) is 12.6. The number of hydrogen-bond acceptors (Lipinski definition) is 5. The zero-order chi connectivity index (χ0) is 14.9. The van der Waals surface area contributed by atoms with Crippen LogP contribution in [0.3, 0.4) is 0 Å². The van der Waals surface area contributed by atoms with Crippen LogP contribution < -0.4 is 15.4 Å². The molecule has 0 fully saturated rings. The first-order valence-electron chi connectivity index (χ1n) is 7.34. The molecule has 0 atom stereocenters. The van der Waals surface area contributed by atoms with E-state index in [9.17, 15) is 0 Å². The average Bonchev–Trinajstić information content (AvgIpc) is 2.53. The van der Waals surface area contributed by atoms with Crippen molar-refractivity contribution in [3.63, 3.8) is 0 Å². The minimum absolute atomic E-state index is 0.591. The molecule has 5 nitrogen and oxygen atoms in total. The van der Waals surface area contributed by atoms with Gasteiger partial charge in [0, 0.05) is 12.1 Å². The lowest BCUT2D eigenvalue weighted by Gasteiger charge is -2.14. The molecule has 0 unspecified atom stereocenters. The molecule has 2 aromatic rings. The van der Waals surface area contributed by atoms with E-state index in [4.69, 9.17) is 4.74 Å². The van der Waals surface area contributed by atoms with Gasteiger partial charge < -0.3 is 15.4 Å². The molecule has 1 aromatic heterocycles. The summed E-state index contributed by atoms with van der Waals surface area (Å²) in [4.78, 5) is 8.60. The van der Waals surface area contributed by atoms with Crippen LogP contribution in [-0.2, 0) is 6.42 Å². The maximum absolute atomic E-state index is 5.66. The van der Waals surface area contributed by atoms with E-state index in [0.717, 1.165) is 35.9 Å². The lowest BCUT2D eigenvalue weighted by atomic mass is 10.2. The molecule has 0 radical (unpaired) electrons. The van der Waals surface area contributed by atoms with Crippen LogP contribution in [0.2, 0.25) is 0 Å². The molecule has 1 heterocycles. The average molecular weight is 286 g/mol. The molecule has 0 spiro atoms. The second-order valence-electron chi connectivity index (χ2n) is 4.52. The molecule has 2 N–H and O–H groups in total. The fourth-order valence-corrected chi connectivity index (χ4v) is 2.07. The quantitative estimate of drug-likeness (QED) is 0.731. The third kappa shape index (κ3) is 4.34. The largest absolute Gasteiger partial charge is 0.492 e. The van der Waals surface area contributed by atoms with Gasteiger partial charge in [0.05, 0.1) is 6.54 Å². The predicted molar refractivity (Wildman–Crippen MR) is 86.0 cm³/mol. The molecule has 0 aliphatic carbocycles. The van der Waals surface area contributed by atoms with Crippen LogP contribution in [0, 0.1) is 0 Å². The van der Waals surface area contributed by atoms with Crippen molar-refractivity contribution in [2.45, 2.75) is 20.3 Å². The van der Waals surface area contributed by atoms with Gasteiger partial charge in [0.15, 0.2) is 0 Å². The Labute approximate surface area is 125 Å². The van der Waals surface area contributed by atoms with Gasteiger partial charge in [-0.25, -0.2) is 9.97 Å². The highest BCUT2D eigenvalue weighted by atomic mass is 16.5. The summed E-state index contributed by atoms with van der Waals surface area (Å²) >= 11 is 0. The molecule has 0 aliphatic rings. The molecule has 0 saturated carbocycles. The van der Waals surface area contributed by atoms with Gasteiger partial charge in [-0.05, 0) is 25.5 Å². The Bertz CT molecular complexity index is 545. The summed E-state index contributed by atoms with van der Waals surface area (Å²) in [6, 6.07) is 9.80. The first-order chi connectivity index (χ1) is 10.3. The Morgan fingerprint density at radius 2 is 1.71 bits per heavy atom. The monoisotopic (exact) mass is 286 g/mol. The zero-order valence-electron chi connectivity index (χ0n) is 12.6. The molecule has 21 heavy (non-hydrogen) atoms. The van der Waals surface area contributed by atoms with Gasteiger partial charge in [0.2, 0.25) is 0 Å². The highest BCUT2D eigenvalue weighted by molar-refractivity contribution is 5.57. The summed E-state index contributed by atoms with van der Waals surface area (Å²) < 4.78 is 5.66. The number of aromatic nitrogens is 2. The van der Waals surface area contributed by atoms with Crippen molar-refractivity contribution in [2.75, 3.05) is 30.3 Å². The van der Waals surface area contributed by atoms with E-state index in [1.54, 1.807) is 6.33 Å². The van der Waals surface area contributed by atoms with Crippen molar-refractivity contribution in [3.8, 4) is 5.75 Å². The van der Waals surface area contributed by atoms with E-state index in [0.29, 0.717) is 13.2 Å². The topological polar surface area (TPSA) is 59.1 Å². The summed E-state index contributed by atoms with van der Waals surface area (Å²) in [5.41, 5.74) is 1.11. The number of nitrogens with zero attached hydrogens (tertiary/aromatic N) is 2. The number of nitrogens with one attached hydrogen (secondary N) is 2. The van der Waals surface area contributed by atoms with Crippen molar-refractivity contribution in [1.29, 1.82) is 0 Å². The highest BCUT2D eigenvalue weighted by Gasteiger charge is 2.08. The van der Waals surface area contributed by atoms with Crippen LogP contribution in [0.25, 0.3) is 0 Å². The van der Waals surface area contributed by atoms with Gasteiger partial charge in [0.25, 0.3) is 0 Å². The van der Waals surface area contributed by atoms with Gasteiger partial charge >= 0.3 is 0 Å². The van der Waals surface area contributed by atoms with Gasteiger partial charge in [-0.3, -0.25) is 0 Å². The Balaban J connectivity index is 1.89. The van der Waals surface area contributed by atoms with Gasteiger partial charge in [0.1, 0.15) is 30.3 Å². The molecule has 2 rings (SSSR count). The van der Waals surface area contributed by atoms with Crippen LogP contribution in [0.1, 0.15) is 19.4 Å². The van der Waals surface area contributed by atoms with E-state index in [2.05, 4.69) is 34.4 Å². The first-order valence-corrected chi connectivity index (χ1v) is 7.34. The van der Waals surface area contributed by atoms with Crippen molar-refractivity contribution >= 4 is 11.6 Å². The molecular formula is C16H22N4O. The smallest absolute Gasteiger partial charge is 0.134 e. The van der Waals surface area contributed by atoms with E-state index >= 15 is 0 Å². The second-order valence-corrected chi connectivity index (χ2v) is 4.52. The Hall–Kier alpha value is -2.30. The van der Waals surface area contributed by atoms with Crippen LogP contribution in [0.5, 0.6) is 5.75 Å². The number of anilines is 2. The fraction of sp³-hybridized carbons (Fsp3) is 0.375. The van der Waals surface area contributed by atoms with Gasteiger partial charge in [-0.15, -0.1) is 0 Å². The van der Waals surface area contributed by atoms with Gasteiger partial charge in [-0.2, -0.15) is 0 Å². The van der Waals surface area contributed by atoms with E-state index in [1.807, 2.05) is 30.3 Å². The highest BCUT2D eigenvalue weighted by Crippen LogP contribution is 2.20. The molecule has 1 aromatic carbocycles. The van der Waals surface area contributed by atoms with Crippen molar-refractivity contribution in [1.82, 2.24) is 9.97 Å². The minimum atomic E-state index is 0.591. The summed E-state index contributed by atoms with van der Waals surface area (Å²) in [6.45, 7) is 6.30. The van der Waals surface area contributed by atoms with Crippen molar-refractivity contribution in [2.24, 2.45) is 0 Å². The number of rotatable bonds is 8. The van der Waals surface area contributed by atoms with Crippen LogP contribution >= 0.6 is 0 Å². The van der Waals surface area contributed by atoms with Crippen molar-refractivity contribution in [3.05, 3.63) is 42.2 Å². The van der Waals surface area contributed by atoms with Crippen molar-refractivity contribution < 1.29 is 4.74 Å². The third-order valence-corrected chi connectivity index (χ3v) is 3.05. The van der Waals surface area contributed by atoms with Crippen LogP contribution in [-0.4, -0.2) is 29.7 Å². The summed E-state index contributed by atoms with van der Waals surface area (Å²) in [5.74, 6) is 2.66. The van der Waals surface area contributed by atoms with Crippen LogP contribution in [0.4, 0.5) is 11.6 Å². The predicted octanol–water partition coefficient (Wildman–Crippen LogP) is 2.96. The fourth-order valence-electron chi connectivity index (χ4n) is 2.07. The number of ether oxygens (including phenoxy) is 1. The summed E-state index contributed by atoms with van der Waals surface area (Å²) in [5, 5.41) is 6.58. The lowest BCUT2D eigenvalue weighted by molar-refractivity contribution is 0.332. The minimum Gasteiger partial charge on any atom is -0.492 e. The number of para-hydroxylation sites is 1. The Kier molecular flexibility index (Phi) is 5.82. The Morgan fingerprint density at radius 3 is 2.38 bits per heavy atom. The Morgan fingerprint density at radius 1 is 1.00 bits per heavy atom. The maximum atomic E-state index is 5.66. The maximum Gasteiger partial charge on any atom is 0.134 e. The standard InChI is InChI=1S/C16H22N4O/c1-3-14-15(17-4-2)19-12-20-16(14)18-10-11-21-13-8-6-5-7-9-13/h5-9,12H,3-4,10-11H2,1-2H3,(H2,17,18,19,20). The second kappa shape index (κ2) is 8.09. The van der Waals surface area contributed by atoms with Crippen LogP contribution in [0.15, 0.2) is 36.7 Å². The summed E-state index contributed by atoms with van der Waals surface area (Å²) in [7, 11) is 0. The van der Waals surface area contributed by atoms with E-state index in [-0.39, 0.29) is 0 Å². The SMILES string of the molecule is CCNc1ncnc(NCCOc2ccccc2)c1CC. The molecule has 0 aliphatic heterocycles. The molecule has 5 heteroatoms. The van der Waals surface area contributed by atoms with Gasteiger partial charge in [-0.1, -0.05) is 25.1 Å². The number of hydrogen-bond donors (Lipinski definition) is 2. The molecule has 112 valence electrons. The van der Waals surface area contributed by atoms with E-state index < -0.39 is 0 Å². The molecule has 0 saturated heterocycles. The number of benzene rings is 1. The molecular weight excluding hydrogens is 264 g/mol. The summed E-state index contributed by atoms with van der Waals surface area (Å²) in [6.07, 6.45) is 2.46. The molecule has 0 bridgehead atoms. The molecule has 0 amide bonds. The van der Waals surface area contributed by atoms with E-state index in [1.165, 1.54) is 0 Å². The third-order valence-electron chi connectivity index (χ3n) is 3.05.